The smallest absolute Gasteiger partial charge is 0.261 e. The number of carbonyl (C=O) groups excluding carboxylic acids is 2. The number of ether oxygens (including phenoxy) is 1. The van der Waals surface area contributed by atoms with Crippen LogP contribution in [0.1, 0.15) is 37.0 Å². The van der Waals surface area contributed by atoms with Gasteiger partial charge in [0.2, 0.25) is 5.91 Å². The third kappa shape index (κ3) is 8.10. The van der Waals surface area contributed by atoms with E-state index in [0.29, 0.717) is 21.7 Å². The molecule has 3 rings (SSSR count). The fraction of sp³-hybridized carbons (Fsp3) is 0.310. The van der Waals surface area contributed by atoms with Crippen LogP contribution < -0.4 is 10.1 Å². The van der Waals surface area contributed by atoms with Crippen LogP contribution in [0.2, 0.25) is 5.02 Å². The van der Waals surface area contributed by atoms with Gasteiger partial charge in [-0.25, -0.2) is 0 Å². The maximum atomic E-state index is 13.7. The molecule has 5 nitrogen and oxygen atoms in total. The molecule has 0 aromatic heterocycles. The molecule has 0 bridgehead atoms. The van der Waals surface area contributed by atoms with Crippen molar-refractivity contribution in [3.8, 4) is 5.75 Å². The van der Waals surface area contributed by atoms with Gasteiger partial charge in [-0.3, -0.25) is 9.59 Å². The summed E-state index contributed by atoms with van der Waals surface area (Å²) in [5.74, 6) is 0.0485. The van der Waals surface area contributed by atoms with Crippen LogP contribution in [-0.2, 0) is 22.6 Å². The minimum Gasteiger partial charge on any atom is -0.483 e. The molecule has 190 valence electrons. The zero-order valence-corrected chi connectivity index (χ0v) is 23.2. The number of rotatable bonds is 11. The summed E-state index contributed by atoms with van der Waals surface area (Å²) < 4.78 is 6.51. The summed E-state index contributed by atoms with van der Waals surface area (Å²) >= 11 is 9.46. The Kier molecular flexibility index (Phi) is 10.4. The van der Waals surface area contributed by atoms with Gasteiger partial charge in [0.25, 0.3) is 5.91 Å². The van der Waals surface area contributed by atoms with Gasteiger partial charge in [-0.2, -0.15) is 0 Å². The summed E-state index contributed by atoms with van der Waals surface area (Å²) in [6, 6.07) is 22.1. The largest absolute Gasteiger partial charge is 0.483 e. The van der Waals surface area contributed by atoms with Crippen molar-refractivity contribution in [2.45, 2.75) is 52.2 Å². The standard InChI is InChI=1S/C29H32BrClN2O3/c1-4-21(3)32-29(35)26(16-22-10-6-5-7-11-22)33(18-23-12-8-9-20(2)15-23)28(34)19-36-27-14-13-24(31)17-25(27)30/h5-15,17,21,26H,4,16,18-19H2,1-3H3,(H,32,35)/t21-,26-/m1/s1. The third-order valence-corrected chi connectivity index (χ3v) is 6.81. The van der Waals surface area contributed by atoms with E-state index in [-0.39, 0.29) is 31.0 Å². The van der Waals surface area contributed by atoms with E-state index in [9.17, 15) is 9.59 Å². The van der Waals surface area contributed by atoms with Gasteiger partial charge in [-0.05, 0) is 65.5 Å². The molecule has 2 atom stereocenters. The average Bonchev–Trinajstić information content (AvgIpc) is 2.86. The van der Waals surface area contributed by atoms with Gasteiger partial charge in [-0.1, -0.05) is 78.7 Å². The Hall–Kier alpha value is -2.83. The Morgan fingerprint density at radius 2 is 1.75 bits per heavy atom. The lowest BCUT2D eigenvalue weighted by Gasteiger charge is -2.32. The highest BCUT2D eigenvalue weighted by atomic mass is 79.9. The first-order valence-electron chi connectivity index (χ1n) is 12.0. The number of benzene rings is 3. The van der Waals surface area contributed by atoms with Gasteiger partial charge in [-0.15, -0.1) is 0 Å². The Balaban J connectivity index is 1.92. The van der Waals surface area contributed by atoms with Crippen molar-refractivity contribution < 1.29 is 14.3 Å². The molecular formula is C29H32BrClN2O3. The van der Waals surface area contributed by atoms with E-state index in [1.165, 1.54) is 0 Å². The summed E-state index contributed by atoms with van der Waals surface area (Å²) in [7, 11) is 0. The van der Waals surface area contributed by atoms with Gasteiger partial charge >= 0.3 is 0 Å². The van der Waals surface area contributed by atoms with E-state index >= 15 is 0 Å². The van der Waals surface area contributed by atoms with Crippen molar-refractivity contribution in [3.63, 3.8) is 0 Å². The molecule has 0 aliphatic heterocycles. The normalized spacial score (nSPS) is 12.5. The van der Waals surface area contributed by atoms with E-state index < -0.39 is 6.04 Å². The van der Waals surface area contributed by atoms with Crippen LogP contribution in [0, 0.1) is 6.92 Å². The molecule has 0 unspecified atom stereocenters. The van der Waals surface area contributed by atoms with E-state index in [1.54, 1.807) is 23.1 Å². The van der Waals surface area contributed by atoms with Gasteiger partial charge in [0.15, 0.2) is 6.61 Å². The summed E-state index contributed by atoms with van der Waals surface area (Å²) in [5, 5.41) is 3.64. The third-order valence-electron chi connectivity index (χ3n) is 5.95. The Morgan fingerprint density at radius 3 is 2.42 bits per heavy atom. The highest BCUT2D eigenvalue weighted by molar-refractivity contribution is 9.10. The monoisotopic (exact) mass is 570 g/mol. The summed E-state index contributed by atoms with van der Waals surface area (Å²) in [5.41, 5.74) is 3.01. The van der Waals surface area contributed by atoms with Crippen LogP contribution >= 0.6 is 27.5 Å². The maximum Gasteiger partial charge on any atom is 0.261 e. The number of carbonyl (C=O) groups is 2. The number of halogens is 2. The second-order valence-corrected chi connectivity index (χ2v) is 10.2. The molecule has 0 heterocycles. The molecule has 3 aromatic rings. The quantitative estimate of drug-likeness (QED) is 0.292. The van der Waals surface area contributed by atoms with Crippen molar-refractivity contribution in [1.29, 1.82) is 0 Å². The predicted octanol–water partition coefficient (Wildman–Crippen LogP) is 6.34. The second kappa shape index (κ2) is 13.5. The molecule has 2 amide bonds. The van der Waals surface area contributed by atoms with Crippen LogP contribution in [0.5, 0.6) is 5.75 Å². The lowest BCUT2D eigenvalue weighted by Crippen LogP contribution is -2.53. The first-order valence-corrected chi connectivity index (χ1v) is 13.2. The van der Waals surface area contributed by atoms with Crippen molar-refractivity contribution in [2.75, 3.05) is 6.61 Å². The molecular weight excluding hydrogens is 540 g/mol. The molecule has 3 aromatic carbocycles. The second-order valence-electron chi connectivity index (χ2n) is 8.90. The topological polar surface area (TPSA) is 58.6 Å². The maximum absolute atomic E-state index is 13.7. The van der Waals surface area contributed by atoms with E-state index in [2.05, 4.69) is 21.2 Å². The highest BCUT2D eigenvalue weighted by Gasteiger charge is 2.31. The number of amides is 2. The van der Waals surface area contributed by atoms with Crippen LogP contribution in [-0.4, -0.2) is 35.4 Å². The van der Waals surface area contributed by atoms with Gasteiger partial charge in [0, 0.05) is 24.0 Å². The molecule has 7 heteroatoms. The molecule has 0 fully saturated rings. The lowest BCUT2D eigenvalue weighted by molar-refractivity contribution is -0.143. The molecule has 0 aliphatic carbocycles. The summed E-state index contributed by atoms with van der Waals surface area (Å²) in [6.45, 7) is 6.06. The average molecular weight is 572 g/mol. The Morgan fingerprint density at radius 1 is 1.03 bits per heavy atom. The first kappa shape index (κ1) is 27.8. The van der Waals surface area contributed by atoms with Crippen molar-refractivity contribution >= 4 is 39.3 Å². The number of hydrogen-bond donors (Lipinski definition) is 1. The van der Waals surface area contributed by atoms with Crippen LogP contribution in [0.4, 0.5) is 0 Å². The predicted molar refractivity (Wildman–Crippen MR) is 148 cm³/mol. The SMILES string of the molecule is CC[C@@H](C)NC(=O)[C@@H](Cc1ccccc1)N(Cc1cccc(C)c1)C(=O)COc1ccc(Cl)cc1Br. The van der Waals surface area contributed by atoms with E-state index in [4.69, 9.17) is 16.3 Å². The molecule has 0 radical (unpaired) electrons. The molecule has 0 aliphatic rings. The van der Waals surface area contributed by atoms with Gasteiger partial charge in [0.05, 0.1) is 4.47 Å². The summed E-state index contributed by atoms with van der Waals surface area (Å²) in [6.07, 6.45) is 1.19. The zero-order valence-electron chi connectivity index (χ0n) is 20.8. The molecule has 1 N–H and O–H groups in total. The number of nitrogens with zero attached hydrogens (tertiary/aromatic N) is 1. The number of hydrogen-bond acceptors (Lipinski definition) is 3. The van der Waals surface area contributed by atoms with E-state index in [0.717, 1.165) is 23.1 Å². The van der Waals surface area contributed by atoms with Gasteiger partial charge in [0.1, 0.15) is 11.8 Å². The molecule has 0 saturated carbocycles. The minimum atomic E-state index is -0.702. The Labute approximate surface area is 226 Å². The van der Waals surface area contributed by atoms with Crippen molar-refractivity contribution in [2.24, 2.45) is 0 Å². The molecule has 0 saturated heterocycles. The molecule has 0 spiro atoms. The van der Waals surface area contributed by atoms with Crippen molar-refractivity contribution in [1.82, 2.24) is 10.2 Å². The first-order chi connectivity index (χ1) is 17.3. The minimum absolute atomic E-state index is 0.00651. The van der Waals surface area contributed by atoms with Crippen LogP contribution in [0.3, 0.4) is 0 Å². The van der Waals surface area contributed by atoms with E-state index in [1.807, 2.05) is 75.4 Å². The number of aryl methyl sites for hydroxylation is 1. The molecule has 36 heavy (non-hydrogen) atoms. The van der Waals surface area contributed by atoms with Crippen LogP contribution in [0.15, 0.2) is 77.3 Å². The van der Waals surface area contributed by atoms with Crippen molar-refractivity contribution in [3.05, 3.63) is 99.0 Å². The summed E-state index contributed by atoms with van der Waals surface area (Å²) in [4.78, 5) is 28.8. The number of nitrogens with one attached hydrogen (secondary N) is 1. The highest BCUT2D eigenvalue weighted by Crippen LogP contribution is 2.28. The fourth-order valence-electron chi connectivity index (χ4n) is 3.82. The lowest BCUT2D eigenvalue weighted by atomic mass is 10.0. The fourth-order valence-corrected chi connectivity index (χ4v) is 4.61. The Bertz CT molecular complexity index is 1170. The van der Waals surface area contributed by atoms with Crippen LogP contribution in [0.25, 0.3) is 0 Å². The zero-order chi connectivity index (χ0) is 26.1. The van der Waals surface area contributed by atoms with Gasteiger partial charge < -0.3 is 15.0 Å².